The molecule has 70 valence electrons. The number of hydrogen-bond donors (Lipinski definition) is 1. The smallest absolute Gasteiger partial charge is 0.238 e. The van der Waals surface area contributed by atoms with Crippen LogP contribution in [0.5, 0.6) is 0 Å². The molecule has 0 aliphatic carbocycles. The molecule has 1 aliphatic heterocycles. The summed E-state index contributed by atoms with van der Waals surface area (Å²) in [7, 11) is 0. The average Bonchev–Trinajstić information content (AvgIpc) is 2.08. The van der Waals surface area contributed by atoms with Crippen molar-refractivity contribution in [1.82, 2.24) is 5.32 Å². The molecule has 1 saturated heterocycles. The summed E-state index contributed by atoms with van der Waals surface area (Å²) in [5.74, 6) is 0.0126. The van der Waals surface area contributed by atoms with E-state index in [2.05, 4.69) is 5.32 Å². The van der Waals surface area contributed by atoms with Crippen LogP contribution < -0.4 is 5.32 Å². The monoisotopic (exact) mass is 189 g/mol. The van der Waals surface area contributed by atoms with Crippen LogP contribution in [0.15, 0.2) is 0 Å². The summed E-state index contributed by atoms with van der Waals surface area (Å²) < 4.78 is 0. The van der Waals surface area contributed by atoms with Gasteiger partial charge in [0.1, 0.15) is 5.38 Å². The van der Waals surface area contributed by atoms with Crippen LogP contribution in [0.4, 0.5) is 0 Å². The van der Waals surface area contributed by atoms with Crippen molar-refractivity contribution in [1.29, 1.82) is 0 Å². The predicted molar refractivity (Wildman–Crippen MR) is 50.4 cm³/mol. The molecule has 3 heteroatoms. The topological polar surface area (TPSA) is 29.1 Å². The highest BCUT2D eigenvalue weighted by Gasteiger charge is 2.14. The van der Waals surface area contributed by atoms with Gasteiger partial charge in [-0.2, -0.15) is 0 Å². The molecular formula is C9H16ClNO. The van der Waals surface area contributed by atoms with E-state index in [1.165, 1.54) is 19.3 Å². The maximum atomic E-state index is 11.2. The van der Waals surface area contributed by atoms with Crippen molar-refractivity contribution in [2.75, 3.05) is 6.54 Å². The molecular weight excluding hydrogens is 174 g/mol. The molecule has 1 heterocycles. The maximum absolute atomic E-state index is 11.2. The van der Waals surface area contributed by atoms with Crippen LogP contribution in [0.3, 0.4) is 0 Å². The van der Waals surface area contributed by atoms with Crippen LogP contribution in [0.25, 0.3) is 0 Å². The highest BCUT2D eigenvalue weighted by Crippen LogP contribution is 2.12. The number of nitrogens with one attached hydrogen (secondary N) is 1. The summed E-state index contributed by atoms with van der Waals surface area (Å²) in [6.45, 7) is 0.794. The fourth-order valence-corrected chi connectivity index (χ4v) is 1.66. The van der Waals surface area contributed by atoms with Gasteiger partial charge in [-0.1, -0.05) is 25.7 Å². The first-order valence-electron chi connectivity index (χ1n) is 4.72. The van der Waals surface area contributed by atoms with E-state index >= 15 is 0 Å². The van der Waals surface area contributed by atoms with E-state index in [0.717, 1.165) is 25.8 Å². The highest BCUT2D eigenvalue weighted by atomic mass is 35.5. The van der Waals surface area contributed by atoms with Crippen molar-refractivity contribution in [2.24, 2.45) is 0 Å². The summed E-state index contributed by atoms with van der Waals surface area (Å²) in [5.41, 5.74) is 0. The molecule has 0 radical (unpaired) electrons. The van der Waals surface area contributed by atoms with Crippen LogP contribution in [0.2, 0.25) is 0 Å². The van der Waals surface area contributed by atoms with E-state index in [4.69, 9.17) is 11.6 Å². The second-order valence-electron chi connectivity index (χ2n) is 3.32. The minimum absolute atomic E-state index is 0.0126. The molecule has 0 aromatic rings. The molecule has 1 amide bonds. The van der Waals surface area contributed by atoms with Gasteiger partial charge in [0.2, 0.25) is 5.91 Å². The standard InChI is InChI=1S/C9H16ClNO/c10-8-6-4-2-1-3-5-7-11-9(8)12/h8H,1-7H2,(H,11,12)/t8-/m1/s1. The lowest BCUT2D eigenvalue weighted by molar-refractivity contribution is -0.120. The summed E-state index contributed by atoms with van der Waals surface area (Å²) in [6, 6.07) is 0. The van der Waals surface area contributed by atoms with Gasteiger partial charge in [0, 0.05) is 6.54 Å². The third-order valence-corrected chi connectivity index (χ3v) is 2.63. The van der Waals surface area contributed by atoms with Gasteiger partial charge in [0.05, 0.1) is 0 Å². The van der Waals surface area contributed by atoms with Gasteiger partial charge >= 0.3 is 0 Å². The van der Waals surface area contributed by atoms with E-state index in [9.17, 15) is 4.79 Å². The Labute approximate surface area is 78.7 Å². The number of amides is 1. The third kappa shape index (κ3) is 3.44. The SMILES string of the molecule is O=C1NCCCCCCC[C@H]1Cl. The summed E-state index contributed by atoms with van der Waals surface area (Å²) in [4.78, 5) is 11.2. The average molecular weight is 190 g/mol. The molecule has 0 unspecified atom stereocenters. The number of carbonyl (C=O) groups excluding carboxylic acids is 1. The van der Waals surface area contributed by atoms with Crippen LogP contribution in [-0.4, -0.2) is 17.8 Å². The molecule has 0 aromatic heterocycles. The predicted octanol–water partition coefficient (Wildman–Crippen LogP) is 2.06. The first-order valence-corrected chi connectivity index (χ1v) is 5.16. The Morgan fingerprint density at radius 2 is 1.83 bits per heavy atom. The Morgan fingerprint density at radius 1 is 1.17 bits per heavy atom. The normalized spacial score (nSPS) is 27.8. The van der Waals surface area contributed by atoms with Crippen molar-refractivity contribution in [3.05, 3.63) is 0 Å². The van der Waals surface area contributed by atoms with Gasteiger partial charge in [0.25, 0.3) is 0 Å². The Kier molecular flexibility index (Phi) is 4.44. The van der Waals surface area contributed by atoms with E-state index in [1.807, 2.05) is 0 Å². The molecule has 2 nitrogen and oxygen atoms in total. The Bertz CT molecular complexity index is 149. The summed E-state index contributed by atoms with van der Waals surface area (Å²) >= 11 is 5.86. The van der Waals surface area contributed by atoms with Gasteiger partial charge in [-0.3, -0.25) is 4.79 Å². The zero-order valence-corrected chi connectivity index (χ0v) is 8.07. The van der Waals surface area contributed by atoms with Gasteiger partial charge < -0.3 is 5.32 Å². The minimum Gasteiger partial charge on any atom is -0.355 e. The zero-order valence-electron chi connectivity index (χ0n) is 7.31. The van der Waals surface area contributed by atoms with E-state index in [0.29, 0.717) is 0 Å². The highest BCUT2D eigenvalue weighted by molar-refractivity contribution is 6.30. The zero-order chi connectivity index (χ0) is 8.81. The van der Waals surface area contributed by atoms with Crippen LogP contribution in [0.1, 0.15) is 38.5 Å². The molecule has 1 rings (SSSR count). The largest absolute Gasteiger partial charge is 0.355 e. The molecule has 0 spiro atoms. The Balaban J connectivity index is 2.31. The third-order valence-electron chi connectivity index (χ3n) is 2.22. The fourth-order valence-electron chi connectivity index (χ4n) is 1.43. The van der Waals surface area contributed by atoms with Crippen molar-refractivity contribution >= 4 is 17.5 Å². The molecule has 0 aromatic carbocycles. The van der Waals surface area contributed by atoms with Crippen molar-refractivity contribution in [3.63, 3.8) is 0 Å². The van der Waals surface area contributed by atoms with Crippen LogP contribution in [-0.2, 0) is 4.79 Å². The molecule has 1 N–H and O–H groups in total. The first kappa shape index (κ1) is 9.85. The maximum Gasteiger partial charge on any atom is 0.238 e. The lowest BCUT2D eigenvalue weighted by Gasteiger charge is -2.12. The molecule has 0 saturated carbocycles. The van der Waals surface area contributed by atoms with Crippen molar-refractivity contribution in [3.8, 4) is 0 Å². The number of hydrogen-bond acceptors (Lipinski definition) is 1. The minimum atomic E-state index is -0.303. The van der Waals surface area contributed by atoms with Crippen molar-refractivity contribution < 1.29 is 4.79 Å². The molecule has 12 heavy (non-hydrogen) atoms. The van der Waals surface area contributed by atoms with Crippen molar-refractivity contribution in [2.45, 2.75) is 43.9 Å². The Morgan fingerprint density at radius 3 is 2.67 bits per heavy atom. The van der Waals surface area contributed by atoms with Gasteiger partial charge in [-0.25, -0.2) is 0 Å². The number of rotatable bonds is 0. The van der Waals surface area contributed by atoms with Gasteiger partial charge in [-0.05, 0) is 12.8 Å². The van der Waals surface area contributed by atoms with Gasteiger partial charge in [0.15, 0.2) is 0 Å². The van der Waals surface area contributed by atoms with E-state index in [1.54, 1.807) is 0 Å². The summed E-state index contributed by atoms with van der Waals surface area (Å²) in [6.07, 6.45) is 6.73. The first-order chi connectivity index (χ1) is 5.80. The molecule has 1 aliphatic rings. The lowest BCUT2D eigenvalue weighted by Crippen LogP contribution is -2.32. The fraction of sp³-hybridized carbons (Fsp3) is 0.889. The molecule has 1 atom stereocenters. The molecule has 1 fully saturated rings. The number of alkyl halides is 1. The second-order valence-corrected chi connectivity index (χ2v) is 3.84. The van der Waals surface area contributed by atoms with E-state index in [-0.39, 0.29) is 11.3 Å². The quantitative estimate of drug-likeness (QED) is 0.581. The number of carbonyl (C=O) groups is 1. The summed E-state index contributed by atoms with van der Waals surface area (Å²) in [5, 5.41) is 2.53. The van der Waals surface area contributed by atoms with Crippen LogP contribution >= 0.6 is 11.6 Å². The second kappa shape index (κ2) is 5.41. The number of halogens is 1. The van der Waals surface area contributed by atoms with Gasteiger partial charge in [-0.15, -0.1) is 11.6 Å². The molecule has 0 bridgehead atoms. The Hall–Kier alpha value is -0.240. The van der Waals surface area contributed by atoms with Crippen LogP contribution in [0, 0.1) is 0 Å². The van der Waals surface area contributed by atoms with E-state index < -0.39 is 0 Å². The lowest BCUT2D eigenvalue weighted by atomic mass is 10.1.